The Bertz CT molecular complexity index is 1130. The maximum Gasteiger partial charge on any atom is 0.100 e. The molecule has 4 heteroatoms. The topological polar surface area (TPSA) is 41.6 Å². The Labute approximate surface area is 157 Å². The van der Waals surface area contributed by atoms with E-state index in [1.807, 2.05) is 48.0 Å². The van der Waals surface area contributed by atoms with E-state index in [9.17, 15) is 5.26 Å². The van der Waals surface area contributed by atoms with Crippen molar-refractivity contribution in [2.24, 2.45) is 7.05 Å². The van der Waals surface area contributed by atoms with Gasteiger partial charge in [-0.2, -0.15) is 5.26 Å². The van der Waals surface area contributed by atoms with Crippen LogP contribution in [0, 0.1) is 11.3 Å². The molecule has 1 aromatic heterocycles. The number of aromatic nitrogens is 2. The highest BCUT2D eigenvalue weighted by molar-refractivity contribution is 6.22. The van der Waals surface area contributed by atoms with E-state index in [0.717, 1.165) is 33.2 Å². The minimum Gasteiger partial charge on any atom is -0.336 e. The van der Waals surface area contributed by atoms with Crippen molar-refractivity contribution in [2.45, 2.75) is 5.38 Å². The molecule has 0 bridgehead atoms. The lowest BCUT2D eigenvalue weighted by atomic mass is 9.92. The zero-order valence-electron chi connectivity index (χ0n) is 14.2. The average molecular weight is 358 g/mol. The van der Waals surface area contributed by atoms with Crippen molar-refractivity contribution in [1.82, 2.24) is 9.55 Å². The number of nitrogens with zero attached hydrogens (tertiary/aromatic N) is 3. The summed E-state index contributed by atoms with van der Waals surface area (Å²) in [6.07, 6.45) is 3.51. The SMILES string of the molecule is Cn1cncc1C(Cl)c1ccc(C#N)c(-c2cccc3ccccc23)c1. The van der Waals surface area contributed by atoms with Crippen LogP contribution < -0.4 is 0 Å². The van der Waals surface area contributed by atoms with E-state index in [2.05, 4.69) is 35.3 Å². The largest absolute Gasteiger partial charge is 0.336 e. The van der Waals surface area contributed by atoms with E-state index >= 15 is 0 Å². The van der Waals surface area contributed by atoms with E-state index in [0.29, 0.717) is 5.56 Å². The van der Waals surface area contributed by atoms with Crippen LogP contribution in [0.1, 0.15) is 22.2 Å². The van der Waals surface area contributed by atoms with Crippen LogP contribution in [0.4, 0.5) is 0 Å². The Morgan fingerprint density at radius 1 is 1.04 bits per heavy atom. The third-order valence-electron chi connectivity index (χ3n) is 4.65. The number of hydrogen-bond donors (Lipinski definition) is 0. The molecule has 4 aromatic rings. The van der Waals surface area contributed by atoms with Crippen molar-refractivity contribution < 1.29 is 0 Å². The number of aryl methyl sites for hydroxylation is 1. The summed E-state index contributed by atoms with van der Waals surface area (Å²) in [4.78, 5) is 4.15. The molecular weight excluding hydrogens is 342 g/mol. The van der Waals surface area contributed by atoms with E-state index in [1.165, 1.54) is 0 Å². The van der Waals surface area contributed by atoms with E-state index in [-0.39, 0.29) is 5.38 Å². The molecule has 0 fully saturated rings. The van der Waals surface area contributed by atoms with Crippen molar-refractivity contribution >= 4 is 22.4 Å². The number of halogens is 1. The summed E-state index contributed by atoms with van der Waals surface area (Å²) < 4.78 is 1.91. The van der Waals surface area contributed by atoms with Gasteiger partial charge in [-0.25, -0.2) is 4.98 Å². The predicted molar refractivity (Wildman–Crippen MR) is 105 cm³/mol. The summed E-state index contributed by atoms with van der Waals surface area (Å²) in [6.45, 7) is 0. The average Bonchev–Trinajstić information content (AvgIpc) is 3.12. The molecule has 0 aliphatic carbocycles. The van der Waals surface area contributed by atoms with Gasteiger partial charge in [0.1, 0.15) is 5.38 Å². The van der Waals surface area contributed by atoms with Gasteiger partial charge in [-0.05, 0) is 34.0 Å². The van der Waals surface area contributed by atoms with E-state index < -0.39 is 0 Å². The number of benzene rings is 3. The number of rotatable bonds is 3. The molecule has 0 saturated heterocycles. The molecule has 0 radical (unpaired) electrons. The smallest absolute Gasteiger partial charge is 0.100 e. The van der Waals surface area contributed by atoms with Gasteiger partial charge in [-0.1, -0.05) is 48.5 Å². The van der Waals surface area contributed by atoms with Gasteiger partial charge in [-0.3, -0.25) is 0 Å². The summed E-state index contributed by atoms with van der Waals surface area (Å²) in [5.41, 5.74) is 4.43. The molecule has 4 rings (SSSR count). The van der Waals surface area contributed by atoms with Crippen LogP contribution in [-0.4, -0.2) is 9.55 Å². The predicted octanol–water partition coefficient (Wildman–Crippen LogP) is 5.44. The van der Waals surface area contributed by atoms with Gasteiger partial charge in [0.05, 0.1) is 23.7 Å². The molecule has 26 heavy (non-hydrogen) atoms. The normalized spacial score (nSPS) is 12.0. The van der Waals surface area contributed by atoms with Crippen LogP contribution in [0.3, 0.4) is 0 Å². The minimum absolute atomic E-state index is 0.330. The van der Waals surface area contributed by atoms with E-state index in [1.54, 1.807) is 12.5 Å². The van der Waals surface area contributed by atoms with Crippen LogP contribution in [0.5, 0.6) is 0 Å². The van der Waals surface area contributed by atoms with Crippen molar-refractivity contribution in [3.63, 3.8) is 0 Å². The number of alkyl halides is 1. The minimum atomic E-state index is -0.330. The molecule has 1 atom stereocenters. The number of nitriles is 1. The maximum atomic E-state index is 9.61. The van der Waals surface area contributed by atoms with Gasteiger partial charge in [0, 0.05) is 18.8 Å². The van der Waals surface area contributed by atoms with Crippen LogP contribution in [0.15, 0.2) is 73.2 Å². The highest BCUT2D eigenvalue weighted by Crippen LogP contribution is 2.35. The fourth-order valence-corrected chi connectivity index (χ4v) is 3.63. The summed E-state index contributed by atoms with van der Waals surface area (Å²) in [5, 5.41) is 11.5. The highest BCUT2D eigenvalue weighted by atomic mass is 35.5. The molecule has 0 aliphatic rings. The zero-order valence-corrected chi connectivity index (χ0v) is 15.0. The van der Waals surface area contributed by atoms with Crippen molar-refractivity contribution in [2.75, 3.05) is 0 Å². The second-order valence-electron chi connectivity index (χ2n) is 6.24. The highest BCUT2D eigenvalue weighted by Gasteiger charge is 2.17. The Kier molecular flexibility index (Phi) is 4.20. The van der Waals surface area contributed by atoms with Crippen LogP contribution >= 0.6 is 11.6 Å². The monoisotopic (exact) mass is 357 g/mol. The molecule has 0 amide bonds. The van der Waals surface area contributed by atoms with Gasteiger partial charge in [0.2, 0.25) is 0 Å². The quantitative estimate of drug-likeness (QED) is 0.458. The van der Waals surface area contributed by atoms with Gasteiger partial charge in [0.15, 0.2) is 0 Å². The van der Waals surface area contributed by atoms with Crippen LogP contribution in [-0.2, 0) is 7.05 Å². The molecule has 0 N–H and O–H groups in total. The molecule has 1 heterocycles. The maximum absolute atomic E-state index is 9.61. The van der Waals surface area contributed by atoms with Crippen molar-refractivity contribution in [1.29, 1.82) is 5.26 Å². The van der Waals surface area contributed by atoms with E-state index in [4.69, 9.17) is 11.6 Å². The van der Waals surface area contributed by atoms with Crippen molar-refractivity contribution in [3.8, 4) is 17.2 Å². The van der Waals surface area contributed by atoms with Gasteiger partial charge in [-0.15, -0.1) is 11.6 Å². The van der Waals surface area contributed by atoms with Crippen LogP contribution in [0.25, 0.3) is 21.9 Å². The molecule has 0 spiro atoms. The summed E-state index contributed by atoms with van der Waals surface area (Å²) >= 11 is 6.71. The lowest BCUT2D eigenvalue weighted by Crippen LogP contribution is -2.01. The van der Waals surface area contributed by atoms with Gasteiger partial charge < -0.3 is 4.57 Å². The second-order valence-corrected chi connectivity index (χ2v) is 6.67. The Morgan fingerprint density at radius 2 is 1.85 bits per heavy atom. The molecule has 0 saturated carbocycles. The molecule has 0 aliphatic heterocycles. The number of imidazole rings is 1. The molecule has 3 aromatic carbocycles. The Hall–Kier alpha value is -3.09. The Morgan fingerprint density at radius 3 is 2.62 bits per heavy atom. The molecule has 126 valence electrons. The van der Waals surface area contributed by atoms with Gasteiger partial charge in [0.25, 0.3) is 0 Å². The third-order valence-corrected chi connectivity index (χ3v) is 5.13. The number of fused-ring (bicyclic) bond motifs is 1. The lowest BCUT2D eigenvalue weighted by molar-refractivity contribution is 0.834. The third kappa shape index (κ3) is 2.75. The first-order valence-corrected chi connectivity index (χ1v) is 8.75. The molecular formula is C22H16ClN3. The fourth-order valence-electron chi connectivity index (χ4n) is 3.28. The standard InChI is InChI=1S/C22H16ClN3/c1-26-14-25-13-21(26)22(23)16-9-10-17(12-24)20(11-16)19-8-4-6-15-5-2-3-7-18(15)19/h2-11,13-14,22H,1H3. The lowest BCUT2D eigenvalue weighted by Gasteiger charge is -2.14. The van der Waals surface area contributed by atoms with Gasteiger partial charge >= 0.3 is 0 Å². The second kappa shape index (κ2) is 6.67. The first kappa shape index (κ1) is 16.4. The first-order valence-electron chi connectivity index (χ1n) is 8.31. The molecule has 3 nitrogen and oxygen atoms in total. The number of hydrogen-bond acceptors (Lipinski definition) is 2. The summed E-state index contributed by atoms with van der Waals surface area (Å²) in [5.74, 6) is 0. The summed E-state index contributed by atoms with van der Waals surface area (Å²) in [6, 6.07) is 22.4. The zero-order chi connectivity index (χ0) is 18.1. The van der Waals surface area contributed by atoms with Crippen LogP contribution in [0.2, 0.25) is 0 Å². The first-order chi connectivity index (χ1) is 12.7. The Balaban J connectivity index is 1.91. The fraction of sp³-hybridized carbons (Fsp3) is 0.0909. The van der Waals surface area contributed by atoms with Crippen molar-refractivity contribution in [3.05, 3.63) is 90.0 Å². The summed E-state index contributed by atoms with van der Waals surface area (Å²) in [7, 11) is 1.92. The molecule has 1 unspecified atom stereocenters.